The van der Waals surface area contributed by atoms with Gasteiger partial charge in [0.25, 0.3) is 0 Å². The maximum atomic E-state index is 9.04. The molecule has 0 spiro atoms. The zero-order valence-corrected chi connectivity index (χ0v) is 17.6. The van der Waals surface area contributed by atoms with E-state index in [0.29, 0.717) is 11.9 Å². The van der Waals surface area contributed by atoms with Crippen molar-refractivity contribution >= 4 is 17.3 Å². The van der Waals surface area contributed by atoms with Crippen LogP contribution in [0, 0.1) is 17.4 Å². The van der Waals surface area contributed by atoms with Crippen LogP contribution in [0.4, 0.5) is 0 Å². The SMILES string of the molecule is CC(C)[C@H](C)NC(=NC#N)N=c1sc(C(C)(C)C)cn1C[C@H]1CCCO1. The minimum atomic E-state index is 0.0436. The Bertz CT molecular complexity index is 726. The summed E-state index contributed by atoms with van der Waals surface area (Å²) in [6.07, 6.45) is 6.46. The van der Waals surface area contributed by atoms with Crippen LogP contribution in [0.25, 0.3) is 0 Å². The van der Waals surface area contributed by atoms with E-state index in [1.54, 1.807) is 11.3 Å². The number of rotatable bonds is 4. The van der Waals surface area contributed by atoms with Gasteiger partial charge in [-0.2, -0.15) is 10.3 Å². The van der Waals surface area contributed by atoms with Gasteiger partial charge in [0.1, 0.15) is 0 Å². The molecule has 0 bridgehead atoms. The smallest absolute Gasteiger partial charge is 0.236 e. The fraction of sp³-hybridized carbons (Fsp3) is 0.737. The molecule has 0 aliphatic carbocycles. The lowest BCUT2D eigenvalue weighted by Gasteiger charge is -2.17. The Morgan fingerprint density at radius 2 is 2.19 bits per heavy atom. The molecule has 1 saturated heterocycles. The van der Waals surface area contributed by atoms with E-state index in [0.717, 1.165) is 30.8 Å². The zero-order chi connectivity index (χ0) is 19.3. The average molecular weight is 378 g/mol. The first-order valence-electron chi connectivity index (χ1n) is 9.31. The van der Waals surface area contributed by atoms with Gasteiger partial charge in [-0.25, -0.2) is 0 Å². The van der Waals surface area contributed by atoms with Gasteiger partial charge in [0, 0.05) is 23.7 Å². The van der Waals surface area contributed by atoms with Crippen LogP contribution in [0.1, 0.15) is 59.3 Å². The number of thiazole rings is 1. The van der Waals surface area contributed by atoms with Gasteiger partial charge >= 0.3 is 0 Å². The van der Waals surface area contributed by atoms with Crippen molar-refractivity contribution in [2.24, 2.45) is 15.9 Å². The summed E-state index contributed by atoms with van der Waals surface area (Å²) in [5, 5.41) is 12.3. The molecule has 1 N–H and O–H groups in total. The average Bonchev–Trinajstić information content (AvgIpc) is 3.18. The number of aromatic nitrogens is 1. The second-order valence-corrected chi connectivity index (χ2v) is 9.25. The van der Waals surface area contributed by atoms with Crippen molar-refractivity contribution in [2.45, 2.75) is 78.5 Å². The Balaban J connectivity index is 2.39. The summed E-state index contributed by atoms with van der Waals surface area (Å²) < 4.78 is 7.95. The second kappa shape index (κ2) is 8.83. The first kappa shape index (κ1) is 20.7. The second-order valence-electron chi connectivity index (χ2n) is 8.24. The largest absolute Gasteiger partial charge is 0.376 e. The molecule has 0 unspecified atom stereocenters. The van der Waals surface area contributed by atoms with Gasteiger partial charge in [0.2, 0.25) is 12.2 Å². The number of hydrogen-bond donors (Lipinski definition) is 1. The van der Waals surface area contributed by atoms with Gasteiger partial charge in [-0.15, -0.1) is 16.3 Å². The summed E-state index contributed by atoms with van der Waals surface area (Å²) >= 11 is 1.65. The molecule has 1 aliphatic heterocycles. The molecular weight excluding hydrogens is 346 g/mol. The molecule has 0 aromatic carbocycles. The number of hydrogen-bond acceptors (Lipinski definition) is 4. The predicted octanol–water partition coefficient (Wildman–Crippen LogP) is 3.40. The molecule has 1 aromatic heterocycles. The lowest BCUT2D eigenvalue weighted by molar-refractivity contribution is 0.0963. The molecule has 0 saturated carbocycles. The summed E-state index contributed by atoms with van der Waals surface area (Å²) in [6.45, 7) is 14.5. The van der Waals surface area contributed by atoms with Crippen molar-refractivity contribution in [3.05, 3.63) is 15.9 Å². The highest BCUT2D eigenvalue weighted by Crippen LogP contribution is 2.25. The maximum Gasteiger partial charge on any atom is 0.236 e. The van der Waals surface area contributed by atoms with Crippen LogP contribution in [0.15, 0.2) is 16.2 Å². The van der Waals surface area contributed by atoms with Crippen LogP contribution in [0.2, 0.25) is 0 Å². The Morgan fingerprint density at radius 3 is 2.73 bits per heavy atom. The van der Waals surface area contributed by atoms with Crippen molar-refractivity contribution in [2.75, 3.05) is 6.61 Å². The molecule has 1 aliphatic rings. The van der Waals surface area contributed by atoms with Crippen molar-refractivity contribution in [3.8, 4) is 6.19 Å². The van der Waals surface area contributed by atoms with E-state index in [2.05, 4.69) is 67.6 Å². The maximum absolute atomic E-state index is 9.04. The van der Waals surface area contributed by atoms with Crippen molar-refractivity contribution in [1.29, 1.82) is 5.26 Å². The summed E-state index contributed by atoms with van der Waals surface area (Å²) in [7, 11) is 0. The summed E-state index contributed by atoms with van der Waals surface area (Å²) in [5.41, 5.74) is 0.0436. The van der Waals surface area contributed by atoms with Crippen LogP contribution < -0.4 is 10.1 Å². The topological polar surface area (TPSA) is 74.7 Å². The molecule has 0 radical (unpaired) electrons. The molecule has 2 rings (SSSR count). The highest BCUT2D eigenvalue weighted by atomic mass is 32.1. The van der Waals surface area contributed by atoms with E-state index in [4.69, 9.17) is 10.00 Å². The summed E-state index contributed by atoms with van der Waals surface area (Å²) in [5.74, 6) is 0.790. The third kappa shape index (κ3) is 5.68. The number of ether oxygens (including phenoxy) is 1. The van der Waals surface area contributed by atoms with Crippen LogP contribution in [-0.2, 0) is 16.7 Å². The van der Waals surface area contributed by atoms with Gasteiger partial charge in [-0.1, -0.05) is 34.6 Å². The molecule has 2 atom stereocenters. The zero-order valence-electron chi connectivity index (χ0n) is 16.7. The van der Waals surface area contributed by atoms with Crippen molar-refractivity contribution in [1.82, 2.24) is 9.88 Å². The van der Waals surface area contributed by atoms with Gasteiger partial charge in [-0.05, 0) is 31.1 Å². The van der Waals surface area contributed by atoms with Crippen molar-refractivity contribution < 1.29 is 4.74 Å². The molecule has 2 heterocycles. The number of aliphatic imine (C=N–C) groups is 1. The van der Waals surface area contributed by atoms with E-state index in [1.165, 1.54) is 4.88 Å². The van der Waals surface area contributed by atoms with Gasteiger partial charge in [0.05, 0.1) is 12.6 Å². The number of nitrogens with zero attached hydrogens (tertiary/aromatic N) is 4. The molecule has 1 aromatic rings. The first-order chi connectivity index (χ1) is 12.2. The molecule has 144 valence electrons. The monoisotopic (exact) mass is 377 g/mol. The van der Waals surface area contributed by atoms with E-state index >= 15 is 0 Å². The highest BCUT2D eigenvalue weighted by molar-refractivity contribution is 7.09. The van der Waals surface area contributed by atoms with E-state index < -0.39 is 0 Å². The lowest BCUT2D eigenvalue weighted by atomic mass is 9.95. The molecule has 7 heteroatoms. The van der Waals surface area contributed by atoms with Crippen molar-refractivity contribution in [3.63, 3.8) is 0 Å². The third-order valence-electron chi connectivity index (χ3n) is 4.60. The van der Waals surface area contributed by atoms with Gasteiger partial charge in [-0.3, -0.25) is 0 Å². The number of nitriles is 1. The third-order valence-corrected chi connectivity index (χ3v) is 6.04. The summed E-state index contributed by atoms with van der Waals surface area (Å²) in [6, 6.07) is 0.180. The van der Waals surface area contributed by atoms with Crippen LogP contribution in [0.3, 0.4) is 0 Å². The minimum Gasteiger partial charge on any atom is -0.376 e. The minimum absolute atomic E-state index is 0.0436. The molecule has 1 fully saturated rings. The van der Waals surface area contributed by atoms with E-state index in [1.807, 2.05) is 6.19 Å². The van der Waals surface area contributed by atoms with Gasteiger partial charge < -0.3 is 14.6 Å². The van der Waals surface area contributed by atoms with Crippen LogP contribution >= 0.6 is 11.3 Å². The molecule has 0 amide bonds. The quantitative estimate of drug-likeness (QED) is 0.496. The first-order valence-corrected chi connectivity index (χ1v) is 10.1. The fourth-order valence-corrected chi connectivity index (χ4v) is 3.61. The molecule has 6 nitrogen and oxygen atoms in total. The highest BCUT2D eigenvalue weighted by Gasteiger charge is 2.21. The predicted molar refractivity (Wildman–Crippen MR) is 106 cm³/mol. The van der Waals surface area contributed by atoms with Gasteiger partial charge in [0.15, 0.2) is 4.80 Å². The Morgan fingerprint density at radius 1 is 1.46 bits per heavy atom. The standard InChI is InChI=1S/C19H31N5OS/c1-13(2)14(3)22-17(21-12-20)23-18-24(10-15-8-7-9-25-15)11-16(26-18)19(4,5)6/h11,13-15H,7-10H2,1-6H3,(H,21,22)/t14-,15+/m0/s1. The van der Waals surface area contributed by atoms with Crippen LogP contribution in [-0.4, -0.2) is 29.3 Å². The van der Waals surface area contributed by atoms with E-state index in [-0.39, 0.29) is 17.6 Å². The van der Waals surface area contributed by atoms with E-state index in [9.17, 15) is 0 Å². The Kier molecular flexibility index (Phi) is 7.01. The normalized spacial score (nSPS) is 20.5. The molecule has 26 heavy (non-hydrogen) atoms. The number of guanidine groups is 1. The van der Waals surface area contributed by atoms with Crippen LogP contribution in [0.5, 0.6) is 0 Å². The fourth-order valence-electron chi connectivity index (χ4n) is 2.55. The number of nitrogens with one attached hydrogen (secondary N) is 1. The Hall–Kier alpha value is -1.65. The molecular formula is C19H31N5OS. The Labute approximate surface area is 160 Å². The lowest BCUT2D eigenvalue weighted by Crippen LogP contribution is -2.36. The summed E-state index contributed by atoms with van der Waals surface area (Å²) in [4.78, 5) is 10.7.